The number of carboxylic acid groups (broad SMARTS) is 1. The van der Waals surface area contributed by atoms with Crippen molar-refractivity contribution < 1.29 is 14.6 Å². The van der Waals surface area contributed by atoms with Crippen LogP contribution in [0.5, 0.6) is 5.75 Å². The molecule has 0 aliphatic carbocycles. The van der Waals surface area contributed by atoms with E-state index in [1.54, 1.807) is 12.1 Å². The van der Waals surface area contributed by atoms with E-state index in [0.29, 0.717) is 12.4 Å². The van der Waals surface area contributed by atoms with Gasteiger partial charge in [0.1, 0.15) is 5.75 Å². The summed E-state index contributed by atoms with van der Waals surface area (Å²) < 4.78 is 5.75. The molecule has 3 nitrogen and oxygen atoms in total. The zero-order chi connectivity index (χ0) is 13.7. The van der Waals surface area contributed by atoms with Crippen LogP contribution in [0.2, 0.25) is 0 Å². The maximum Gasteiger partial charge on any atom is 0.335 e. The highest BCUT2D eigenvalue weighted by molar-refractivity contribution is 5.97. The molecule has 0 aliphatic rings. The fraction of sp³-hybridized carbons (Fsp3) is 0.312. The summed E-state index contributed by atoms with van der Waals surface area (Å²) in [5.41, 5.74) is 0.268. The summed E-state index contributed by atoms with van der Waals surface area (Å²) in [6.45, 7) is 2.77. The first-order valence-electron chi connectivity index (χ1n) is 6.61. The SMILES string of the molecule is CCCCCOc1cc(C(=O)O)cc2ccccc12. The molecule has 0 amide bonds. The van der Waals surface area contributed by atoms with Crippen molar-refractivity contribution in [1.29, 1.82) is 0 Å². The van der Waals surface area contributed by atoms with Gasteiger partial charge in [-0.05, 0) is 23.9 Å². The maximum atomic E-state index is 11.1. The van der Waals surface area contributed by atoms with E-state index in [0.717, 1.165) is 30.0 Å². The van der Waals surface area contributed by atoms with Crippen LogP contribution in [0.4, 0.5) is 0 Å². The molecule has 0 saturated carbocycles. The average Bonchev–Trinajstić information content (AvgIpc) is 2.43. The Balaban J connectivity index is 2.31. The predicted octanol–water partition coefficient (Wildman–Crippen LogP) is 4.11. The predicted molar refractivity (Wildman–Crippen MR) is 75.9 cm³/mol. The Morgan fingerprint density at radius 2 is 2.00 bits per heavy atom. The molecule has 0 saturated heterocycles. The molecular formula is C16H18O3. The smallest absolute Gasteiger partial charge is 0.335 e. The van der Waals surface area contributed by atoms with Gasteiger partial charge in [0.25, 0.3) is 0 Å². The summed E-state index contributed by atoms with van der Waals surface area (Å²) in [6, 6.07) is 11.0. The van der Waals surface area contributed by atoms with Crippen molar-refractivity contribution in [3.8, 4) is 5.75 Å². The Labute approximate surface area is 112 Å². The van der Waals surface area contributed by atoms with Crippen molar-refractivity contribution in [1.82, 2.24) is 0 Å². The van der Waals surface area contributed by atoms with Gasteiger partial charge in [-0.25, -0.2) is 4.79 Å². The van der Waals surface area contributed by atoms with E-state index in [-0.39, 0.29) is 5.56 Å². The van der Waals surface area contributed by atoms with Crippen molar-refractivity contribution in [2.24, 2.45) is 0 Å². The third kappa shape index (κ3) is 3.25. The standard InChI is InChI=1S/C16H18O3/c1-2-3-6-9-19-15-11-13(16(17)18)10-12-7-4-5-8-14(12)15/h4-5,7-8,10-11H,2-3,6,9H2,1H3,(H,17,18). The summed E-state index contributed by atoms with van der Waals surface area (Å²) in [6.07, 6.45) is 3.25. The second-order valence-electron chi connectivity index (χ2n) is 4.56. The number of carboxylic acids is 1. The van der Waals surface area contributed by atoms with E-state index < -0.39 is 5.97 Å². The molecule has 2 rings (SSSR count). The lowest BCUT2D eigenvalue weighted by molar-refractivity contribution is 0.0696. The normalized spacial score (nSPS) is 10.6. The van der Waals surface area contributed by atoms with E-state index in [9.17, 15) is 4.79 Å². The lowest BCUT2D eigenvalue weighted by atomic mass is 10.1. The van der Waals surface area contributed by atoms with Crippen LogP contribution in [0.1, 0.15) is 36.5 Å². The topological polar surface area (TPSA) is 46.5 Å². The Morgan fingerprint density at radius 1 is 1.21 bits per heavy atom. The molecule has 0 radical (unpaired) electrons. The van der Waals surface area contributed by atoms with Crippen molar-refractivity contribution in [3.63, 3.8) is 0 Å². The molecule has 0 bridgehead atoms. The molecule has 19 heavy (non-hydrogen) atoms. The minimum absolute atomic E-state index is 0.268. The van der Waals surface area contributed by atoms with Gasteiger partial charge in [0.15, 0.2) is 0 Å². The number of carbonyl (C=O) groups is 1. The molecular weight excluding hydrogens is 240 g/mol. The lowest BCUT2D eigenvalue weighted by Crippen LogP contribution is -2.01. The first kappa shape index (κ1) is 13.4. The zero-order valence-electron chi connectivity index (χ0n) is 11.1. The largest absolute Gasteiger partial charge is 0.493 e. The van der Waals surface area contributed by atoms with Gasteiger partial charge < -0.3 is 9.84 Å². The minimum atomic E-state index is -0.927. The molecule has 0 unspecified atom stereocenters. The van der Waals surface area contributed by atoms with Gasteiger partial charge in [-0.15, -0.1) is 0 Å². The van der Waals surface area contributed by atoms with E-state index in [2.05, 4.69) is 6.92 Å². The molecule has 100 valence electrons. The summed E-state index contributed by atoms with van der Waals surface area (Å²) in [4.78, 5) is 11.1. The summed E-state index contributed by atoms with van der Waals surface area (Å²) in [5.74, 6) is -0.268. The van der Waals surface area contributed by atoms with Gasteiger partial charge in [0, 0.05) is 5.39 Å². The van der Waals surface area contributed by atoms with Crippen LogP contribution in [0.15, 0.2) is 36.4 Å². The summed E-state index contributed by atoms with van der Waals surface area (Å²) in [5, 5.41) is 11.0. The molecule has 3 heteroatoms. The number of aromatic carboxylic acids is 1. The van der Waals surface area contributed by atoms with Crippen LogP contribution in [0.3, 0.4) is 0 Å². The molecule has 0 spiro atoms. The summed E-state index contributed by atoms with van der Waals surface area (Å²) >= 11 is 0. The zero-order valence-corrected chi connectivity index (χ0v) is 11.1. The van der Waals surface area contributed by atoms with Crippen LogP contribution in [0, 0.1) is 0 Å². The fourth-order valence-electron chi connectivity index (χ4n) is 2.05. The van der Waals surface area contributed by atoms with Crippen LogP contribution in [0.25, 0.3) is 10.8 Å². The molecule has 2 aromatic carbocycles. The molecule has 1 N–H and O–H groups in total. The van der Waals surface area contributed by atoms with Crippen molar-refractivity contribution >= 4 is 16.7 Å². The number of hydrogen-bond donors (Lipinski definition) is 1. The third-order valence-corrected chi connectivity index (χ3v) is 3.08. The second kappa shape index (κ2) is 6.23. The Morgan fingerprint density at radius 3 is 2.74 bits per heavy atom. The molecule has 0 fully saturated rings. The van der Waals surface area contributed by atoms with Crippen LogP contribution in [-0.2, 0) is 0 Å². The second-order valence-corrected chi connectivity index (χ2v) is 4.56. The van der Waals surface area contributed by atoms with Crippen molar-refractivity contribution in [3.05, 3.63) is 42.0 Å². The van der Waals surface area contributed by atoms with Crippen LogP contribution >= 0.6 is 0 Å². The maximum absolute atomic E-state index is 11.1. The van der Waals surface area contributed by atoms with E-state index in [4.69, 9.17) is 9.84 Å². The average molecular weight is 258 g/mol. The highest BCUT2D eigenvalue weighted by Crippen LogP contribution is 2.27. The van der Waals surface area contributed by atoms with Gasteiger partial charge in [-0.2, -0.15) is 0 Å². The van der Waals surface area contributed by atoms with E-state index >= 15 is 0 Å². The van der Waals surface area contributed by atoms with Gasteiger partial charge in [0.05, 0.1) is 12.2 Å². The highest BCUT2D eigenvalue weighted by atomic mass is 16.5. The van der Waals surface area contributed by atoms with Gasteiger partial charge in [-0.1, -0.05) is 44.0 Å². The number of rotatable bonds is 6. The van der Waals surface area contributed by atoms with Crippen molar-refractivity contribution in [2.45, 2.75) is 26.2 Å². The van der Waals surface area contributed by atoms with E-state index in [1.165, 1.54) is 0 Å². The molecule has 0 aromatic heterocycles. The number of hydrogen-bond acceptors (Lipinski definition) is 2. The van der Waals surface area contributed by atoms with Gasteiger partial charge >= 0.3 is 5.97 Å². The molecule has 0 heterocycles. The number of ether oxygens (including phenoxy) is 1. The van der Waals surface area contributed by atoms with Gasteiger partial charge in [0.2, 0.25) is 0 Å². The Kier molecular flexibility index (Phi) is 4.39. The minimum Gasteiger partial charge on any atom is -0.493 e. The fourth-order valence-corrected chi connectivity index (χ4v) is 2.05. The van der Waals surface area contributed by atoms with Crippen molar-refractivity contribution in [2.75, 3.05) is 6.61 Å². The number of fused-ring (bicyclic) bond motifs is 1. The first-order chi connectivity index (χ1) is 9.22. The van der Waals surface area contributed by atoms with Crippen LogP contribution in [-0.4, -0.2) is 17.7 Å². The molecule has 0 atom stereocenters. The molecule has 2 aromatic rings. The first-order valence-corrected chi connectivity index (χ1v) is 6.61. The number of unbranched alkanes of at least 4 members (excludes halogenated alkanes) is 2. The van der Waals surface area contributed by atoms with E-state index in [1.807, 2.05) is 24.3 Å². The molecule has 0 aliphatic heterocycles. The Hall–Kier alpha value is -2.03. The van der Waals surface area contributed by atoms with Gasteiger partial charge in [-0.3, -0.25) is 0 Å². The third-order valence-electron chi connectivity index (χ3n) is 3.08. The number of benzene rings is 2. The lowest BCUT2D eigenvalue weighted by Gasteiger charge is -2.10. The summed E-state index contributed by atoms with van der Waals surface area (Å²) in [7, 11) is 0. The quantitative estimate of drug-likeness (QED) is 0.793. The highest BCUT2D eigenvalue weighted by Gasteiger charge is 2.09. The van der Waals surface area contributed by atoms with Crippen LogP contribution < -0.4 is 4.74 Å². The monoisotopic (exact) mass is 258 g/mol. The Bertz CT molecular complexity index is 575.